The number of carbonyl (C=O) groups excluding carboxylic acids is 1. The van der Waals surface area contributed by atoms with Crippen molar-refractivity contribution in [2.24, 2.45) is 5.92 Å². The first-order valence-electron chi connectivity index (χ1n) is 8.34. The summed E-state index contributed by atoms with van der Waals surface area (Å²) in [6, 6.07) is 10.8. The highest BCUT2D eigenvalue weighted by atomic mass is 16.5. The van der Waals surface area contributed by atoms with Crippen molar-refractivity contribution < 1.29 is 9.53 Å². The van der Waals surface area contributed by atoms with Crippen molar-refractivity contribution in [1.82, 2.24) is 10.2 Å². The lowest BCUT2D eigenvalue weighted by molar-refractivity contribution is -0.128. The predicted octanol–water partition coefficient (Wildman–Crippen LogP) is 1.84. The molecule has 0 saturated carbocycles. The largest absolute Gasteiger partial charge is 0.371 e. The van der Waals surface area contributed by atoms with Gasteiger partial charge in [0.05, 0.1) is 18.1 Å². The van der Waals surface area contributed by atoms with Crippen LogP contribution < -0.4 is 5.32 Å². The summed E-state index contributed by atoms with van der Waals surface area (Å²) in [7, 11) is 0. The summed E-state index contributed by atoms with van der Waals surface area (Å²) in [4.78, 5) is 14.7. The number of fused-ring (bicyclic) bond motifs is 2. The van der Waals surface area contributed by atoms with Crippen LogP contribution in [0, 0.1) is 5.92 Å². The molecule has 3 atom stereocenters. The molecule has 1 aromatic carbocycles. The fourth-order valence-corrected chi connectivity index (χ4v) is 3.52. The minimum absolute atomic E-state index is 0.0223. The molecule has 1 amide bonds. The van der Waals surface area contributed by atoms with Gasteiger partial charge in [-0.1, -0.05) is 30.3 Å². The van der Waals surface area contributed by atoms with Crippen LogP contribution in [-0.2, 0) is 16.0 Å². The Morgan fingerprint density at radius 3 is 2.82 bits per heavy atom. The quantitative estimate of drug-likeness (QED) is 0.902. The van der Waals surface area contributed by atoms with E-state index in [4.69, 9.17) is 4.74 Å². The highest BCUT2D eigenvalue weighted by Gasteiger charge is 2.44. The zero-order chi connectivity index (χ0) is 15.5. The van der Waals surface area contributed by atoms with Gasteiger partial charge in [-0.05, 0) is 32.3 Å². The molecule has 4 nitrogen and oxygen atoms in total. The molecule has 2 aliphatic heterocycles. The Morgan fingerprint density at radius 2 is 2.09 bits per heavy atom. The molecule has 2 aliphatic rings. The lowest BCUT2D eigenvalue weighted by Crippen LogP contribution is -2.46. The smallest absolute Gasteiger partial charge is 0.226 e. The van der Waals surface area contributed by atoms with E-state index in [1.165, 1.54) is 5.56 Å². The van der Waals surface area contributed by atoms with Gasteiger partial charge < -0.3 is 10.1 Å². The van der Waals surface area contributed by atoms with Gasteiger partial charge in [-0.15, -0.1) is 0 Å². The van der Waals surface area contributed by atoms with E-state index in [1.54, 1.807) is 0 Å². The number of hydrogen-bond donors (Lipinski definition) is 1. The monoisotopic (exact) mass is 302 g/mol. The molecule has 4 heteroatoms. The summed E-state index contributed by atoms with van der Waals surface area (Å²) < 4.78 is 5.99. The summed E-state index contributed by atoms with van der Waals surface area (Å²) in [5.41, 5.74) is 1.37. The van der Waals surface area contributed by atoms with Crippen molar-refractivity contribution in [2.75, 3.05) is 19.6 Å². The first kappa shape index (κ1) is 15.5. The molecule has 2 bridgehead atoms. The molecule has 1 aromatic rings. The van der Waals surface area contributed by atoms with Crippen molar-refractivity contribution in [1.29, 1.82) is 0 Å². The van der Waals surface area contributed by atoms with Crippen LogP contribution in [0.25, 0.3) is 0 Å². The molecule has 0 aliphatic carbocycles. The molecule has 3 unspecified atom stereocenters. The summed E-state index contributed by atoms with van der Waals surface area (Å²) in [6.07, 6.45) is 2.21. The third kappa shape index (κ3) is 3.68. The second kappa shape index (κ2) is 6.80. The predicted molar refractivity (Wildman–Crippen MR) is 86.6 cm³/mol. The number of rotatable bonds is 5. The third-order valence-electron chi connectivity index (χ3n) is 4.56. The van der Waals surface area contributed by atoms with Crippen molar-refractivity contribution in [3.63, 3.8) is 0 Å². The molecule has 22 heavy (non-hydrogen) atoms. The van der Waals surface area contributed by atoms with Gasteiger partial charge in [0.2, 0.25) is 5.91 Å². The van der Waals surface area contributed by atoms with Gasteiger partial charge in [0.25, 0.3) is 0 Å². The molecule has 0 aromatic heterocycles. The van der Waals surface area contributed by atoms with Crippen LogP contribution in [0.4, 0.5) is 0 Å². The Kier molecular flexibility index (Phi) is 4.79. The molecule has 1 N–H and O–H groups in total. The van der Waals surface area contributed by atoms with Gasteiger partial charge in [-0.25, -0.2) is 0 Å². The van der Waals surface area contributed by atoms with Gasteiger partial charge >= 0.3 is 0 Å². The maximum absolute atomic E-state index is 12.3. The number of likely N-dealkylation sites (tertiary alicyclic amines) is 1. The van der Waals surface area contributed by atoms with Crippen molar-refractivity contribution in [3.8, 4) is 0 Å². The zero-order valence-corrected chi connectivity index (χ0v) is 13.5. The van der Waals surface area contributed by atoms with Crippen LogP contribution in [0.15, 0.2) is 30.3 Å². The van der Waals surface area contributed by atoms with Crippen molar-refractivity contribution in [2.45, 2.75) is 44.9 Å². The third-order valence-corrected chi connectivity index (χ3v) is 4.56. The van der Waals surface area contributed by atoms with Crippen LogP contribution in [0.1, 0.15) is 25.8 Å². The highest BCUT2D eigenvalue weighted by Crippen LogP contribution is 2.32. The molecule has 3 rings (SSSR count). The molecule has 0 radical (unpaired) electrons. The van der Waals surface area contributed by atoms with E-state index < -0.39 is 0 Å². The van der Waals surface area contributed by atoms with Gasteiger partial charge in [-0.3, -0.25) is 9.69 Å². The number of nitrogens with zero attached hydrogens (tertiary/aromatic N) is 1. The van der Waals surface area contributed by atoms with E-state index in [1.807, 2.05) is 13.8 Å². The maximum Gasteiger partial charge on any atom is 0.226 e. The van der Waals surface area contributed by atoms with Crippen LogP contribution in [-0.4, -0.2) is 48.7 Å². The van der Waals surface area contributed by atoms with E-state index >= 15 is 0 Å². The van der Waals surface area contributed by atoms with Crippen molar-refractivity contribution in [3.05, 3.63) is 35.9 Å². The number of carbonyl (C=O) groups is 1. The lowest BCUT2D eigenvalue weighted by atomic mass is 9.99. The van der Waals surface area contributed by atoms with Crippen molar-refractivity contribution >= 4 is 5.91 Å². The van der Waals surface area contributed by atoms with Gasteiger partial charge in [-0.2, -0.15) is 0 Å². The average Bonchev–Trinajstić information content (AvgIpc) is 2.80. The number of ether oxygens (including phenoxy) is 1. The van der Waals surface area contributed by atoms with Crippen LogP contribution in [0.2, 0.25) is 0 Å². The van der Waals surface area contributed by atoms with Gasteiger partial charge in [0.15, 0.2) is 0 Å². The Bertz CT molecular complexity index is 503. The summed E-state index contributed by atoms with van der Waals surface area (Å²) in [5.74, 6) is 0.182. The lowest BCUT2D eigenvalue weighted by Gasteiger charge is -2.32. The summed E-state index contributed by atoms with van der Waals surface area (Å²) >= 11 is 0. The van der Waals surface area contributed by atoms with E-state index in [2.05, 4.69) is 40.5 Å². The molecule has 2 saturated heterocycles. The number of hydrogen-bond acceptors (Lipinski definition) is 3. The molecule has 120 valence electrons. The standard InChI is InChI=1S/C18H26N2O2/c1-13(2)19-18(21)16-10-15-11-20(12-17(16)22-15)9-8-14-6-4-3-5-7-14/h3-7,13,15-17H,8-12H2,1-2H3,(H,19,21). The van der Waals surface area contributed by atoms with Crippen LogP contribution in [0.5, 0.6) is 0 Å². The molecule has 2 fully saturated rings. The fourth-order valence-electron chi connectivity index (χ4n) is 3.52. The maximum atomic E-state index is 12.3. The van der Waals surface area contributed by atoms with E-state index in [-0.39, 0.29) is 30.1 Å². The Hall–Kier alpha value is -1.39. The number of nitrogens with one attached hydrogen (secondary N) is 1. The minimum Gasteiger partial charge on any atom is -0.371 e. The fraction of sp³-hybridized carbons (Fsp3) is 0.611. The second-order valence-corrected chi connectivity index (χ2v) is 6.80. The number of amides is 1. The minimum atomic E-state index is 0.0223. The topological polar surface area (TPSA) is 41.6 Å². The normalized spacial score (nSPS) is 28.0. The van der Waals surface area contributed by atoms with E-state index in [9.17, 15) is 4.79 Å². The van der Waals surface area contributed by atoms with Crippen LogP contribution in [0.3, 0.4) is 0 Å². The van der Waals surface area contributed by atoms with E-state index in [0.717, 1.165) is 32.5 Å². The summed E-state index contributed by atoms with van der Waals surface area (Å²) in [6.45, 7) is 6.88. The first-order valence-corrected chi connectivity index (χ1v) is 8.34. The zero-order valence-electron chi connectivity index (χ0n) is 13.5. The Balaban J connectivity index is 1.53. The first-order chi connectivity index (χ1) is 10.6. The molecule has 2 heterocycles. The van der Waals surface area contributed by atoms with Gasteiger partial charge in [0, 0.05) is 25.7 Å². The molecular formula is C18H26N2O2. The SMILES string of the molecule is CC(C)NC(=O)C1CC2CN(CCc3ccccc3)CC1O2. The Morgan fingerprint density at radius 1 is 1.32 bits per heavy atom. The average molecular weight is 302 g/mol. The highest BCUT2D eigenvalue weighted by molar-refractivity contribution is 5.80. The molecular weight excluding hydrogens is 276 g/mol. The van der Waals surface area contributed by atoms with E-state index in [0.29, 0.717) is 0 Å². The number of benzene rings is 1. The summed E-state index contributed by atoms with van der Waals surface area (Å²) in [5, 5.41) is 3.03. The van der Waals surface area contributed by atoms with Crippen LogP contribution >= 0.6 is 0 Å². The Labute approximate surface area is 132 Å². The second-order valence-electron chi connectivity index (χ2n) is 6.80. The molecule has 0 spiro atoms. The van der Waals surface area contributed by atoms with Gasteiger partial charge in [0.1, 0.15) is 0 Å². The number of morpholine rings is 1.